The molecule has 0 heterocycles. The van der Waals surface area contributed by atoms with Gasteiger partial charge in [-0.25, -0.2) is 0 Å². The smallest absolute Gasteiger partial charge is 0.0506 e. The van der Waals surface area contributed by atoms with Crippen molar-refractivity contribution in [3.05, 3.63) is 35.9 Å². The molecule has 1 aromatic carbocycles. The van der Waals surface area contributed by atoms with Crippen LogP contribution in [0.4, 0.5) is 0 Å². The Balaban J connectivity index is -0.000000285. The van der Waals surface area contributed by atoms with Gasteiger partial charge in [-0.05, 0) is 18.9 Å². The molecule has 17 heavy (non-hydrogen) atoms. The minimum atomic E-state index is 0.812. The van der Waals surface area contributed by atoms with Crippen LogP contribution in [-0.2, 0) is 11.2 Å². The number of hydrogen-bond acceptors (Lipinski definition) is 1. The molecule has 0 saturated heterocycles. The lowest BCUT2D eigenvalue weighted by molar-refractivity contribution is 0.151. The molecule has 0 aliphatic rings. The average molecular weight is 240 g/mol. The minimum absolute atomic E-state index is 0.812. The summed E-state index contributed by atoms with van der Waals surface area (Å²) in [5.41, 5.74) is 1.35. The van der Waals surface area contributed by atoms with E-state index in [1.807, 2.05) is 54.5 Å². The Morgan fingerprint density at radius 1 is 0.824 bits per heavy atom. The molecule has 1 heteroatoms. The second kappa shape index (κ2) is 24.4. The zero-order valence-electron chi connectivity index (χ0n) is 12.9. The van der Waals surface area contributed by atoms with Crippen molar-refractivity contribution in [2.24, 2.45) is 0 Å². The number of benzene rings is 1. The molecule has 0 fully saturated rings. The lowest BCUT2D eigenvalue weighted by atomic mass is 10.2. The second-order valence-electron chi connectivity index (χ2n) is 2.43. The Bertz CT molecular complexity index is 182. The van der Waals surface area contributed by atoms with Crippen LogP contribution in [0.1, 0.15) is 54.0 Å². The molecular weight excluding hydrogens is 208 g/mol. The minimum Gasteiger partial charge on any atom is -0.381 e. The van der Waals surface area contributed by atoms with Crippen molar-refractivity contribution in [3.8, 4) is 0 Å². The van der Waals surface area contributed by atoms with E-state index in [4.69, 9.17) is 4.74 Å². The zero-order valence-corrected chi connectivity index (χ0v) is 12.9. The predicted molar refractivity (Wildman–Crippen MR) is 80.7 cm³/mol. The van der Waals surface area contributed by atoms with E-state index in [-0.39, 0.29) is 0 Å². The maximum Gasteiger partial charge on any atom is 0.0506 e. The predicted octanol–water partition coefficient (Wildman–Crippen LogP) is 5.34. The van der Waals surface area contributed by atoms with Gasteiger partial charge >= 0.3 is 0 Å². The van der Waals surface area contributed by atoms with Gasteiger partial charge < -0.3 is 4.74 Å². The molecule has 0 aliphatic carbocycles. The van der Waals surface area contributed by atoms with Gasteiger partial charge in [0.1, 0.15) is 0 Å². The van der Waals surface area contributed by atoms with Crippen molar-refractivity contribution >= 4 is 0 Å². The molecule has 102 valence electrons. The highest BCUT2D eigenvalue weighted by atomic mass is 16.5. The monoisotopic (exact) mass is 240 g/mol. The largest absolute Gasteiger partial charge is 0.381 e. The van der Waals surface area contributed by atoms with Crippen molar-refractivity contribution in [3.63, 3.8) is 0 Å². The first kappa shape index (κ1) is 21.5. The van der Waals surface area contributed by atoms with E-state index in [0.29, 0.717) is 0 Å². The molecule has 0 atom stereocenters. The summed E-state index contributed by atoms with van der Waals surface area (Å²) < 4.78 is 5.24. The van der Waals surface area contributed by atoms with Crippen molar-refractivity contribution in [2.75, 3.05) is 13.2 Å². The quantitative estimate of drug-likeness (QED) is 0.645. The van der Waals surface area contributed by atoms with E-state index in [9.17, 15) is 0 Å². The summed E-state index contributed by atoms with van der Waals surface area (Å²) in [6.07, 6.45) is 1.02. The molecule has 0 aliphatic heterocycles. The highest BCUT2D eigenvalue weighted by molar-refractivity contribution is 5.14. The van der Waals surface area contributed by atoms with Crippen LogP contribution in [0.2, 0.25) is 0 Å². The fraction of sp³-hybridized carbons (Fsp3) is 0.625. The van der Waals surface area contributed by atoms with Crippen LogP contribution in [0.15, 0.2) is 30.3 Å². The van der Waals surface area contributed by atoms with Gasteiger partial charge in [-0.3, -0.25) is 0 Å². The van der Waals surface area contributed by atoms with Crippen molar-refractivity contribution in [1.29, 1.82) is 0 Å². The molecular formula is C16H32O. The molecule has 1 rings (SSSR count). The molecule has 1 aromatic rings. The van der Waals surface area contributed by atoms with E-state index in [2.05, 4.69) is 24.3 Å². The average Bonchev–Trinajstić information content (AvgIpc) is 2.47. The van der Waals surface area contributed by atoms with Gasteiger partial charge in [0.25, 0.3) is 0 Å². The van der Waals surface area contributed by atoms with Gasteiger partial charge in [0.2, 0.25) is 0 Å². The van der Waals surface area contributed by atoms with Gasteiger partial charge in [-0.2, -0.15) is 0 Å². The summed E-state index contributed by atoms with van der Waals surface area (Å²) in [5, 5.41) is 0. The highest BCUT2D eigenvalue weighted by Crippen LogP contribution is 1.98. The van der Waals surface area contributed by atoms with Crippen molar-refractivity contribution in [2.45, 2.75) is 54.9 Å². The summed E-state index contributed by atoms with van der Waals surface area (Å²) in [6, 6.07) is 10.4. The number of rotatable bonds is 4. The molecule has 0 spiro atoms. The Morgan fingerprint density at radius 3 is 1.71 bits per heavy atom. The number of ether oxygens (including phenoxy) is 1. The topological polar surface area (TPSA) is 9.23 Å². The first-order chi connectivity index (χ1) is 8.43. The molecule has 1 nitrogen and oxygen atoms in total. The second-order valence-corrected chi connectivity index (χ2v) is 2.43. The summed E-state index contributed by atoms with van der Waals surface area (Å²) in [5.74, 6) is 0. The molecule has 0 N–H and O–H groups in total. The molecule has 0 saturated carbocycles. The van der Waals surface area contributed by atoms with Crippen LogP contribution in [0.25, 0.3) is 0 Å². The van der Waals surface area contributed by atoms with Crippen LogP contribution < -0.4 is 0 Å². The van der Waals surface area contributed by atoms with E-state index in [1.54, 1.807) is 0 Å². The highest BCUT2D eigenvalue weighted by Gasteiger charge is 1.89. The normalized spacial score (nSPS) is 7.47. The molecule has 0 amide bonds. The number of hydrogen-bond donors (Lipinski definition) is 0. The van der Waals surface area contributed by atoms with Gasteiger partial charge in [0.15, 0.2) is 0 Å². The van der Waals surface area contributed by atoms with Gasteiger partial charge in [-0.1, -0.05) is 71.9 Å². The van der Waals surface area contributed by atoms with E-state index >= 15 is 0 Å². The fourth-order valence-electron chi connectivity index (χ4n) is 0.979. The van der Waals surface area contributed by atoms with Gasteiger partial charge in [-0.15, -0.1) is 0 Å². The van der Waals surface area contributed by atoms with E-state index in [1.165, 1.54) is 5.56 Å². The molecule has 0 radical (unpaired) electrons. The first-order valence-corrected chi connectivity index (χ1v) is 7.05. The summed E-state index contributed by atoms with van der Waals surface area (Å²) in [6.45, 7) is 15.7. The Hall–Kier alpha value is -0.820. The summed E-state index contributed by atoms with van der Waals surface area (Å²) in [7, 11) is 0. The van der Waals surface area contributed by atoms with Crippen molar-refractivity contribution < 1.29 is 4.74 Å². The van der Waals surface area contributed by atoms with Crippen LogP contribution >= 0.6 is 0 Å². The lowest BCUT2D eigenvalue weighted by Gasteiger charge is -2.00. The maximum atomic E-state index is 5.24. The maximum absolute atomic E-state index is 5.24. The third-order valence-corrected chi connectivity index (χ3v) is 1.58. The summed E-state index contributed by atoms with van der Waals surface area (Å²) in [4.78, 5) is 0. The zero-order chi connectivity index (χ0) is 13.9. The lowest BCUT2D eigenvalue weighted by Crippen LogP contribution is -1.96. The van der Waals surface area contributed by atoms with E-state index in [0.717, 1.165) is 19.6 Å². The third-order valence-electron chi connectivity index (χ3n) is 1.58. The van der Waals surface area contributed by atoms with E-state index < -0.39 is 0 Å². The van der Waals surface area contributed by atoms with Crippen LogP contribution in [0, 0.1) is 0 Å². The Kier molecular flexibility index (Phi) is 30.8. The first-order valence-electron chi connectivity index (χ1n) is 7.05. The third kappa shape index (κ3) is 17.8. The molecule has 0 aromatic heterocycles. The molecule has 0 unspecified atom stereocenters. The van der Waals surface area contributed by atoms with Crippen LogP contribution in [-0.4, -0.2) is 13.2 Å². The van der Waals surface area contributed by atoms with Gasteiger partial charge in [0.05, 0.1) is 6.61 Å². The Morgan fingerprint density at radius 2 is 1.29 bits per heavy atom. The SMILES string of the molecule is CC.CC.CC.CCOCCc1ccccc1. The summed E-state index contributed by atoms with van der Waals surface area (Å²) >= 11 is 0. The fourth-order valence-corrected chi connectivity index (χ4v) is 0.979. The molecule has 0 bridgehead atoms. The van der Waals surface area contributed by atoms with Crippen LogP contribution in [0.5, 0.6) is 0 Å². The standard InChI is InChI=1S/C10H14O.3C2H6/c1-2-11-9-8-10-6-4-3-5-7-10;3*1-2/h3-7H,2,8-9H2,1H3;3*1-2H3. The van der Waals surface area contributed by atoms with Crippen LogP contribution in [0.3, 0.4) is 0 Å². The Labute approximate surface area is 109 Å². The van der Waals surface area contributed by atoms with Gasteiger partial charge in [0, 0.05) is 6.61 Å². The van der Waals surface area contributed by atoms with Crippen molar-refractivity contribution in [1.82, 2.24) is 0 Å².